The van der Waals surface area contributed by atoms with E-state index < -0.39 is 29.1 Å². The molecule has 0 spiro atoms. The molecule has 0 bridgehead atoms. The summed E-state index contributed by atoms with van der Waals surface area (Å²) in [6.07, 6.45) is -4.59. The Morgan fingerprint density at radius 1 is 0.879 bits per heavy atom. The molecule has 1 aliphatic rings. The van der Waals surface area contributed by atoms with Crippen LogP contribution in [0, 0.1) is 0 Å². The summed E-state index contributed by atoms with van der Waals surface area (Å²) >= 11 is 6.72. The Morgan fingerprint density at radius 3 is 2.33 bits per heavy atom. The minimum Gasteiger partial charge on any atom is -0.450 e. The fraction of sp³-hybridized carbons (Fsp3) is 0.0833. The number of nitrogens with zero attached hydrogens (tertiary/aromatic N) is 1. The second-order valence-electron chi connectivity index (χ2n) is 7.50. The van der Waals surface area contributed by atoms with Crippen LogP contribution in [0.5, 0.6) is 0 Å². The third kappa shape index (κ3) is 3.69. The Hall–Kier alpha value is -2.91. The van der Waals surface area contributed by atoms with Crippen molar-refractivity contribution in [1.29, 1.82) is 0 Å². The highest BCUT2D eigenvalue weighted by Gasteiger charge is 2.44. The Kier molecular flexibility index (Phi) is 5.21. The Morgan fingerprint density at radius 2 is 1.61 bits per heavy atom. The number of carbonyl (C=O) groups is 1. The lowest BCUT2D eigenvalue weighted by Crippen LogP contribution is -2.29. The van der Waals surface area contributed by atoms with Gasteiger partial charge >= 0.3 is 6.18 Å². The van der Waals surface area contributed by atoms with Gasteiger partial charge in [-0.15, -0.1) is 0 Å². The third-order valence-corrected chi connectivity index (χ3v) is 6.43. The molecule has 5 rings (SSSR count). The lowest BCUT2D eigenvalue weighted by atomic mass is 9.98. The number of anilines is 1. The summed E-state index contributed by atoms with van der Waals surface area (Å²) in [7, 11) is 0. The smallest absolute Gasteiger partial charge is 0.416 e. The number of hydrogen-bond acceptors (Lipinski definition) is 3. The monoisotopic (exact) mass is 577 g/mol. The SMILES string of the molecule is O=C1c2oc3ccc(Br)cc3c(=O)c2C(c2cccc(Br)c2)N1c1cccc(C(F)(F)F)c1. The molecule has 2 heterocycles. The Bertz CT molecular complexity index is 1500. The molecular weight excluding hydrogens is 567 g/mol. The number of benzene rings is 3. The maximum Gasteiger partial charge on any atom is 0.416 e. The molecule has 1 amide bonds. The van der Waals surface area contributed by atoms with Gasteiger partial charge in [-0.1, -0.05) is 50.1 Å². The highest BCUT2D eigenvalue weighted by Crippen LogP contribution is 2.43. The number of halogens is 5. The molecule has 0 fully saturated rings. The Balaban J connectivity index is 1.81. The van der Waals surface area contributed by atoms with Gasteiger partial charge in [0.1, 0.15) is 5.58 Å². The zero-order valence-electron chi connectivity index (χ0n) is 16.5. The summed E-state index contributed by atoms with van der Waals surface area (Å²) in [5, 5.41) is 0.266. The third-order valence-electron chi connectivity index (χ3n) is 5.45. The van der Waals surface area contributed by atoms with Crippen molar-refractivity contribution in [2.24, 2.45) is 0 Å². The summed E-state index contributed by atoms with van der Waals surface area (Å²) in [6, 6.07) is 15.3. The van der Waals surface area contributed by atoms with Gasteiger partial charge in [-0.25, -0.2) is 0 Å². The van der Waals surface area contributed by atoms with E-state index >= 15 is 0 Å². The van der Waals surface area contributed by atoms with Gasteiger partial charge < -0.3 is 4.42 Å². The number of amides is 1. The number of rotatable bonds is 2. The standard InChI is InChI=1S/C24H12Br2F3NO3/c25-14-5-1-3-12(9-14)20-19-21(31)17-11-15(26)7-8-18(17)33-22(19)23(32)30(20)16-6-2-4-13(10-16)24(27,28)29/h1-11,20H. The van der Waals surface area contributed by atoms with Crippen LogP contribution in [0.2, 0.25) is 0 Å². The molecule has 3 aromatic carbocycles. The van der Waals surface area contributed by atoms with Crippen LogP contribution in [0.3, 0.4) is 0 Å². The van der Waals surface area contributed by atoms with Gasteiger partial charge in [-0.3, -0.25) is 14.5 Å². The molecule has 1 atom stereocenters. The number of hydrogen-bond donors (Lipinski definition) is 0. The van der Waals surface area contributed by atoms with Crippen LogP contribution in [-0.4, -0.2) is 5.91 Å². The van der Waals surface area contributed by atoms with Crippen LogP contribution in [0.4, 0.5) is 18.9 Å². The summed E-state index contributed by atoms with van der Waals surface area (Å²) in [4.78, 5) is 28.2. The molecule has 33 heavy (non-hydrogen) atoms. The average molecular weight is 579 g/mol. The van der Waals surface area contributed by atoms with Gasteiger partial charge in [0.15, 0.2) is 5.43 Å². The van der Waals surface area contributed by atoms with E-state index in [2.05, 4.69) is 31.9 Å². The fourth-order valence-electron chi connectivity index (χ4n) is 4.04. The predicted octanol–water partition coefficient (Wildman–Crippen LogP) is 7.09. The molecule has 0 saturated carbocycles. The molecule has 0 aliphatic carbocycles. The first-order valence-electron chi connectivity index (χ1n) is 9.67. The first kappa shape index (κ1) is 21.9. The van der Waals surface area contributed by atoms with Gasteiger partial charge in [0.05, 0.1) is 22.6 Å². The van der Waals surface area contributed by atoms with Crippen LogP contribution in [0.15, 0.2) is 84.9 Å². The maximum absolute atomic E-state index is 13.5. The van der Waals surface area contributed by atoms with Crippen molar-refractivity contribution in [1.82, 2.24) is 0 Å². The van der Waals surface area contributed by atoms with Gasteiger partial charge in [0.2, 0.25) is 5.76 Å². The van der Waals surface area contributed by atoms with E-state index in [-0.39, 0.29) is 28.0 Å². The van der Waals surface area contributed by atoms with Crippen LogP contribution in [0.25, 0.3) is 11.0 Å². The number of carbonyl (C=O) groups excluding carboxylic acids is 1. The van der Waals surface area contributed by atoms with Crippen molar-refractivity contribution in [3.63, 3.8) is 0 Å². The van der Waals surface area contributed by atoms with Gasteiger partial charge in [0.25, 0.3) is 5.91 Å². The molecule has 9 heteroatoms. The molecule has 0 N–H and O–H groups in total. The largest absolute Gasteiger partial charge is 0.450 e. The zero-order chi connectivity index (χ0) is 23.5. The summed E-state index contributed by atoms with van der Waals surface area (Å²) in [6.45, 7) is 0. The summed E-state index contributed by atoms with van der Waals surface area (Å²) < 4.78 is 47.4. The number of alkyl halides is 3. The normalized spacial score (nSPS) is 15.8. The molecule has 1 aromatic heterocycles. The predicted molar refractivity (Wildman–Crippen MR) is 124 cm³/mol. The summed E-state index contributed by atoms with van der Waals surface area (Å²) in [5.74, 6) is -0.867. The highest BCUT2D eigenvalue weighted by molar-refractivity contribution is 9.10. The fourth-order valence-corrected chi connectivity index (χ4v) is 4.81. The Labute approximate surface area is 201 Å². The maximum atomic E-state index is 13.5. The van der Waals surface area contributed by atoms with E-state index in [9.17, 15) is 22.8 Å². The van der Waals surface area contributed by atoms with Crippen LogP contribution in [-0.2, 0) is 6.18 Å². The van der Waals surface area contributed by atoms with Crippen LogP contribution in [0.1, 0.15) is 33.3 Å². The van der Waals surface area contributed by atoms with Crippen molar-refractivity contribution in [3.05, 3.63) is 108 Å². The molecule has 4 nitrogen and oxygen atoms in total. The van der Waals surface area contributed by atoms with E-state index in [1.807, 2.05) is 0 Å². The lowest BCUT2D eigenvalue weighted by molar-refractivity contribution is -0.137. The van der Waals surface area contributed by atoms with E-state index in [1.54, 1.807) is 42.5 Å². The topological polar surface area (TPSA) is 50.5 Å². The van der Waals surface area contributed by atoms with Crippen LogP contribution < -0.4 is 10.3 Å². The molecule has 0 radical (unpaired) electrons. The molecule has 166 valence electrons. The van der Waals surface area contributed by atoms with Crippen molar-refractivity contribution < 1.29 is 22.4 Å². The first-order chi connectivity index (χ1) is 15.6. The lowest BCUT2D eigenvalue weighted by Gasteiger charge is -2.26. The van der Waals surface area contributed by atoms with Crippen molar-refractivity contribution in [2.45, 2.75) is 12.2 Å². The molecular formula is C24H12Br2F3NO3. The molecule has 0 saturated heterocycles. The van der Waals surface area contributed by atoms with E-state index in [0.29, 0.717) is 14.5 Å². The van der Waals surface area contributed by atoms with Crippen LogP contribution >= 0.6 is 31.9 Å². The van der Waals surface area contributed by atoms with E-state index in [0.717, 1.165) is 12.1 Å². The number of fused-ring (bicyclic) bond motifs is 2. The van der Waals surface area contributed by atoms with E-state index in [1.165, 1.54) is 17.0 Å². The van der Waals surface area contributed by atoms with Crippen molar-refractivity contribution in [3.8, 4) is 0 Å². The van der Waals surface area contributed by atoms with Gasteiger partial charge in [0, 0.05) is 14.6 Å². The minimum atomic E-state index is -4.59. The quantitative estimate of drug-likeness (QED) is 0.255. The second kappa shape index (κ2) is 7.85. The second-order valence-corrected chi connectivity index (χ2v) is 9.33. The van der Waals surface area contributed by atoms with E-state index in [4.69, 9.17) is 4.42 Å². The highest BCUT2D eigenvalue weighted by atomic mass is 79.9. The summed E-state index contributed by atoms with van der Waals surface area (Å²) in [5.41, 5.74) is -0.452. The van der Waals surface area contributed by atoms with Gasteiger partial charge in [-0.2, -0.15) is 13.2 Å². The van der Waals surface area contributed by atoms with Crippen molar-refractivity contribution in [2.75, 3.05) is 4.90 Å². The molecule has 4 aromatic rings. The van der Waals surface area contributed by atoms with Gasteiger partial charge in [-0.05, 0) is 54.1 Å². The average Bonchev–Trinajstić information content (AvgIpc) is 3.06. The minimum absolute atomic E-state index is 0.0100. The van der Waals surface area contributed by atoms with Crippen molar-refractivity contribution >= 4 is 54.4 Å². The first-order valence-corrected chi connectivity index (χ1v) is 11.3. The molecule has 1 aliphatic heterocycles. The zero-order valence-corrected chi connectivity index (χ0v) is 19.7. The molecule has 1 unspecified atom stereocenters.